The number of hydrogen-bond donors (Lipinski definition) is 1. The molecule has 0 fully saturated rings. The lowest BCUT2D eigenvalue weighted by molar-refractivity contribution is 0.621. The quantitative estimate of drug-likeness (QED) is 0.725. The van der Waals surface area contributed by atoms with Gasteiger partial charge in [0.1, 0.15) is 5.82 Å². The summed E-state index contributed by atoms with van der Waals surface area (Å²) in [5, 5.41) is 11.5. The summed E-state index contributed by atoms with van der Waals surface area (Å²) in [7, 11) is 0. The Kier molecular flexibility index (Phi) is 5.42. The van der Waals surface area contributed by atoms with Gasteiger partial charge < -0.3 is 5.32 Å². The summed E-state index contributed by atoms with van der Waals surface area (Å²) in [6.45, 7) is 1.68. The molecule has 1 aromatic rings. The van der Waals surface area contributed by atoms with Crippen LogP contribution >= 0.6 is 0 Å². The van der Waals surface area contributed by atoms with Gasteiger partial charge in [-0.3, -0.25) is 0 Å². The van der Waals surface area contributed by atoms with Gasteiger partial charge >= 0.3 is 0 Å². The average Bonchev–Trinajstić information content (AvgIpc) is 2.23. The van der Waals surface area contributed by atoms with E-state index < -0.39 is 0 Å². The molecule has 0 spiro atoms. The van der Waals surface area contributed by atoms with Crippen LogP contribution in [0.25, 0.3) is 0 Å². The normalized spacial score (nSPS) is 9.87. The highest BCUT2D eigenvalue weighted by molar-refractivity contribution is 5.16. The molecule has 0 heterocycles. The van der Waals surface area contributed by atoms with Crippen LogP contribution in [-0.4, -0.2) is 13.1 Å². The van der Waals surface area contributed by atoms with E-state index in [0.29, 0.717) is 6.42 Å². The highest BCUT2D eigenvalue weighted by atomic mass is 19.1. The molecule has 2 nitrogen and oxygen atoms in total. The maximum Gasteiger partial charge on any atom is 0.123 e. The first-order valence-electron chi connectivity index (χ1n) is 5.15. The molecule has 0 unspecified atom stereocenters. The first kappa shape index (κ1) is 11.7. The molecule has 0 aliphatic carbocycles. The maximum absolute atomic E-state index is 12.8. The number of nitrogens with zero attached hydrogens (tertiary/aromatic N) is 1. The standard InChI is InChI=1S/C12H15FN2/c13-12-5-3-4-11(10-12)6-9-15-8-2-1-7-14/h3-5,10,15H,1-2,6,8-9H2. The van der Waals surface area contributed by atoms with E-state index in [9.17, 15) is 4.39 Å². The van der Waals surface area contributed by atoms with Crippen molar-refractivity contribution >= 4 is 0 Å². The monoisotopic (exact) mass is 206 g/mol. The molecule has 0 saturated heterocycles. The Morgan fingerprint density at radius 3 is 2.93 bits per heavy atom. The fourth-order valence-electron chi connectivity index (χ4n) is 1.34. The Morgan fingerprint density at radius 2 is 2.20 bits per heavy atom. The minimum Gasteiger partial charge on any atom is -0.316 e. The third-order valence-corrected chi connectivity index (χ3v) is 2.12. The fraction of sp³-hybridized carbons (Fsp3) is 0.417. The highest BCUT2D eigenvalue weighted by Crippen LogP contribution is 2.03. The van der Waals surface area contributed by atoms with Crippen LogP contribution in [0.5, 0.6) is 0 Å². The summed E-state index contributed by atoms with van der Waals surface area (Å²) >= 11 is 0. The zero-order chi connectivity index (χ0) is 10.9. The minimum atomic E-state index is -0.183. The second kappa shape index (κ2) is 6.97. The lowest BCUT2D eigenvalue weighted by atomic mass is 10.1. The molecule has 3 heteroatoms. The van der Waals surface area contributed by atoms with E-state index in [1.165, 1.54) is 6.07 Å². The van der Waals surface area contributed by atoms with Crippen molar-refractivity contribution < 1.29 is 4.39 Å². The molecule has 0 aliphatic heterocycles. The number of halogens is 1. The third-order valence-electron chi connectivity index (χ3n) is 2.12. The lowest BCUT2D eigenvalue weighted by Crippen LogP contribution is -2.18. The van der Waals surface area contributed by atoms with Crippen molar-refractivity contribution in [3.63, 3.8) is 0 Å². The Labute approximate surface area is 89.7 Å². The number of unbranched alkanes of at least 4 members (excludes halogenated alkanes) is 1. The molecule has 0 amide bonds. The first-order chi connectivity index (χ1) is 7.33. The van der Waals surface area contributed by atoms with E-state index in [2.05, 4.69) is 11.4 Å². The van der Waals surface area contributed by atoms with Crippen molar-refractivity contribution in [1.82, 2.24) is 5.32 Å². The molecule has 80 valence electrons. The van der Waals surface area contributed by atoms with Crippen molar-refractivity contribution in [1.29, 1.82) is 5.26 Å². The van der Waals surface area contributed by atoms with Crippen LogP contribution in [0.2, 0.25) is 0 Å². The molecule has 0 aromatic heterocycles. The number of benzene rings is 1. The summed E-state index contributed by atoms with van der Waals surface area (Å²) in [5.74, 6) is -0.183. The minimum absolute atomic E-state index is 0.183. The smallest absolute Gasteiger partial charge is 0.123 e. The lowest BCUT2D eigenvalue weighted by Gasteiger charge is -2.03. The van der Waals surface area contributed by atoms with Crippen molar-refractivity contribution in [3.05, 3.63) is 35.6 Å². The first-order valence-corrected chi connectivity index (χ1v) is 5.15. The molecule has 1 rings (SSSR count). The van der Waals surface area contributed by atoms with Crippen molar-refractivity contribution in [2.45, 2.75) is 19.3 Å². The summed E-state index contributed by atoms with van der Waals surface area (Å²) < 4.78 is 12.8. The van der Waals surface area contributed by atoms with Crippen molar-refractivity contribution in [3.8, 4) is 6.07 Å². The molecular weight excluding hydrogens is 191 g/mol. The van der Waals surface area contributed by atoms with Crippen LogP contribution in [0.15, 0.2) is 24.3 Å². The second-order valence-corrected chi connectivity index (χ2v) is 3.39. The predicted octanol–water partition coefficient (Wildman–Crippen LogP) is 2.26. The third kappa shape index (κ3) is 5.14. The Bertz CT molecular complexity index is 331. The van der Waals surface area contributed by atoms with Gasteiger partial charge in [0.2, 0.25) is 0 Å². The summed E-state index contributed by atoms with van der Waals surface area (Å²) in [6, 6.07) is 8.73. The Hall–Kier alpha value is -1.40. The van der Waals surface area contributed by atoms with E-state index in [0.717, 1.165) is 31.5 Å². The van der Waals surface area contributed by atoms with Crippen LogP contribution in [0, 0.1) is 17.1 Å². The van der Waals surface area contributed by atoms with Gasteiger partial charge in [0.15, 0.2) is 0 Å². The molecule has 1 N–H and O–H groups in total. The largest absolute Gasteiger partial charge is 0.316 e. The summed E-state index contributed by atoms with van der Waals surface area (Å²) in [6.07, 6.45) is 2.29. The number of nitrogens with one attached hydrogen (secondary N) is 1. The van der Waals surface area contributed by atoms with Gasteiger partial charge in [0.05, 0.1) is 6.07 Å². The van der Waals surface area contributed by atoms with Crippen LogP contribution in [0.4, 0.5) is 4.39 Å². The molecule has 0 atom stereocenters. The molecular formula is C12H15FN2. The van der Waals surface area contributed by atoms with E-state index in [1.807, 2.05) is 6.07 Å². The van der Waals surface area contributed by atoms with Crippen molar-refractivity contribution in [2.75, 3.05) is 13.1 Å². The highest BCUT2D eigenvalue weighted by Gasteiger charge is 1.94. The zero-order valence-corrected chi connectivity index (χ0v) is 8.67. The predicted molar refractivity (Wildman–Crippen MR) is 57.8 cm³/mol. The molecule has 0 radical (unpaired) electrons. The van der Waals surface area contributed by atoms with Crippen LogP contribution < -0.4 is 5.32 Å². The van der Waals surface area contributed by atoms with E-state index in [1.54, 1.807) is 12.1 Å². The topological polar surface area (TPSA) is 35.8 Å². The number of hydrogen-bond acceptors (Lipinski definition) is 2. The fourth-order valence-corrected chi connectivity index (χ4v) is 1.34. The van der Waals surface area contributed by atoms with Crippen LogP contribution in [0.3, 0.4) is 0 Å². The SMILES string of the molecule is N#CCCCNCCc1cccc(F)c1. The molecule has 0 aliphatic rings. The molecule has 15 heavy (non-hydrogen) atoms. The number of rotatable bonds is 6. The van der Waals surface area contributed by atoms with Gasteiger partial charge in [-0.25, -0.2) is 4.39 Å². The second-order valence-electron chi connectivity index (χ2n) is 3.39. The molecule has 0 bridgehead atoms. The van der Waals surface area contributed by atoms with E-state index in [4.69, 9.17) is 5.26 Å². The summed E-state index contributed by atoms with van der Waals surface area (Å²) in [4.78, 5) is 0. The van der Waals surface area contributed by atoms with Crippen LogP contribution in [-0.2, 0) is 6.42 Å². The van der Waals surface area contributed by atoms with Gasteiger partial charge in [-0.05, 0) is 43.6 Å². The molecule has 0 saturated carbocycles. The molecule has 1 aromatic carbocycles. The van der Waals surface area contributed by atoms with Gasteiger partial charge in [-0.1, -0.05) is 12.1 Å². The van der Waals surface area contributed by atoms with Crippen molar-refractivity contribution in [2.24, 2.45) is 0 Å². The van der Waals surface area contributed by atoms with Gasteiger partial charge in [-0.15, -0.1) is 0 Å². The Morgan fingerprint density at radius 1 is 1.33 bits per heavy atom. The summed E-state index contributed by atoms with van der Waals surface area (Å²) in [5.41, 5.74) is 1.00. The zero-order valence-electron chi connectivity index (χ0n) is 8.67. The van der Waals surface area contributed by atoms with E-state index in [-0.39, 0.29) is 5.82 Å². The van der Waals surface area contributed by atoms with E-state index >= 15 is 0 Å². The van der Waals surface area contributed by atoms with Crippen LogP contribution in [0.1, 0.15) is 18.4 Å². The maximum atomic E-state index is 12.8. The van der Waals surface area contributed by atoms with Gasteiger partial charge in [0.25, 0.3) is 0 Å². The Balaban J connectivity index is 2.13. The van der Waals surface area contributed by atoms with Gasteiger partial charge in [-0.2, -0.15) is 5.26 Å². The average molecular weight is 206 g/mol. The van der Waals surface area contributed by atoms with Gasteiger partial charge in [0, 0.05) is 6.42 Å². The number of nitriles is 1.